The van der Waals surface area contributed by atoms with Crippen LogP contribution >= 0.6 is 11.3 Å². The quantitative estimate of drug-likeness (QED) is 0.693. The molecule has 0 amide bonds. The zero-order valence-electron chi connectivity index (χ0n) is 5.90. The van der Waals surface area contributed by atoms with Gasteiger partial charge in [0.1, 0.15) is 6.33 Å². The van der Waals surface area contributed by atoms with Crippen LogP contribution in [-0.2, 0) is 0 Å². The van der Waals surface area contributed by atoms with Crippen molar-refractivity contribution in [3.63, 3.8) is 0 Å². The first kappa shape index (κ1) is 6.48. The van der Waals surface area contributed by atoms with Gasteiger partial charge in [0.05, 0.1) is 0 Å². The van der Waals surface area contributed by atoms with Crippen molar-refractivity contribution >= 4 is 11.3 Å². The van der Waals surface area contributed by atoms with Gasteiger partial charge < -0.3 is 0 Å². The molecule has 0 saturated carbocycles. The van der Waals surface area contributed by atoms with E-state index in [0.717, 1.165) is 16.5 Å². The van der Waals surface area contributed by atoms with E-state index in [1.54, 1.807) is 11.3 Å². The second-order valence-electron chi connectivity index (χ2n) is 2.13. The molecule has 0 fully saturated rings. The first-order valence-corrected chi connectivity index (χ1v) is 4.02. The van der Waals surface area contributed by atoms with Crippen molar-refractivity contribution in [2.75, 3.05) is 0 Å². The molecule has 2 aromatic rings. The van der Waals surface area contributed by atoms with Crippen LogP contribution in [0.4, 0.5) is 0 Å². The number of hydrogen-bond donors (Lipinski definition) is 1. The van der Waals surface area contributed by atoms with E-state index in [0.29, 0.717) is 0 Å². The highest BCUT2D eigenvalue weighted by atomic mass is 32.1. The zero-order chi connectivity index (χ0) is 7.68. The lowest BCUT2D eigenvalue weighted by Gasteiger charge is -1.83. The van der Waals surface area contributed by atoms with Gasteiger partial charge in [-0.3, -0.25) is 5.10 Å². The van der Waals surface area contributed by atoms with Crippen LogP contribution in [0.25, 0.3) is 10.8 Å². The summed E-state index contributed by atoms with van der Waals surface area (Å²) >= 11 is 1.56. The summed E-state index contributed by atoms with van der Waals surface area (Å²) < 4.78 is 0. The molecule has 2 rings (SSSR count). The SMILES string of the molecule is Cc1csc(-c2ncn[nH]2)n1. The number of thiazole rings is 1. The third kappa shape index (κ3) is 1.14. The molecule has 0 aliphatic carbocycles. The standard InChI is InChI=1S/C6H6N4S/c1-4-2-11-6(9-4)5-7-3-8-10-5/h2-3H,1H3,(H,7,8,10). The van der Waals surface area contributed by atoms with Gasteiger partial charge in [-0.25, -0.2) is 9.97 Å². The molecule has 56 valence electrons. The number of H-pyrrole nitrogens is 1. The van der Waals surface area contributed by atoms with Crippen molar-refractivity contribution in [3.05, 3.63) is 17.4 Å². The van der Waals surface area contributed by atoms with Gasteiger partial charge in [-0.05, 0) is 6.92 Å². The lowest BCUT2D eigenvalue weighted by molar-refractivity contribution is 1.09. The number of hydrogen-bond acceptors (Lipinski definition) is 4. The highest BCUT2D eigenvalue weighted by Crippen LogP contribution is 2.18. The number of rotatable bonds is 1. The Kier molecular flexibility index (Phi) is 1.43. The van der Waals surface area contributed by atoms with Crippen LogP contribution in [0.3, 0.4) is 0 Å². The second kappa shape index (κ2) is 2.43. The fraction of sp³-hybridized carbons (Fsp3) is 0.167. The molecule has 0 aliphatic heterocycles. The number of nitrogens with zero attached hydrogens (tertiary/aromatic N) is 3. The second-order valence-corrected chi connectivity index (χ2v) is 2.99. The topological polar surface area (TPSA) is 54.5 Å². The summed E-state index contributed by atoms with van der Waals surface area (Å²) in [4.78, 5) is 8.22. The summed E-state index contributed by atoms with van der Waals surface area (Å²) in [6, 6.07) is 0. The summed E-state index contributed by atoms with van der Waals surface area (Å²) in [7, 11) is 0. The van der Waals surface area contributed by atoms with Crippen molar-refractivity contribution in [3.8, 4) is 10.8 Å². The van der Waals surface area contributed by atoms with Gasteiger partial charge in [-0.15, -0.1) is 11.3 Å². The van der Waals surface area contributed by atoms with E-state index in [2.05, 4.69) is 20.2 Å². The molecule has 11 heavy (non-hydrogen) atoms. The lowest BCUT2D eigenvalue weighted by atomic mass is 10.6. The Balaban J connectivity index is 2.45. The summed E-state index contributed by atoms with van der Waals surface area (Å²) in [6.07, 6.45) is 1.48. The first-order chi connectivity index (χ1) is 5.36. The smallest absolute Gasteiger partial charge is 0.184 e. The maximum Gasteiger partial charge on any atom is 0.184 e. The van der Waals surface area contributed by atoms with E-state index in [-0.39, 0.29) is 0 Å². The number of aromatic nitrogens is 4. The molecule has 0 saturated heterocycles. The predicted molar refractivity (Wildman–Crippen MR) is 42.2 cm³/mol. The van der Waals surface area contributed by atoms with Crippen molar-refractivity contribution < 1.29 is 0 Å². The van der Waals surface area contributed by atoms with Gasteiger partial charge in [-0.2, -0.15) is 5.10 Å². The Labute approximate surface area is 67.3 Å². The maximum absolute atomic E-state index is 4.24. The Morgan fingerprint density at radius 1 is 1.55 bits per heavy atom. The van der Waals surface area contributed by atoms with Crippen LogP contribution in [-0.4, -0.2) is 20.2 Å². The molecule has 5 heteroatoms. The van der Waals surface area contributed by atoms with Gasteiger partial charge in [0.15, 0.2) is 10.8 Å². The van der Waals surface area contributed by atoms with Crippen molar-refractivity contribution in [2.24, 2.45) is 0 Å². The fourth-order valence-corrected chi connectivity index (χ4v) is 1.51. The molecular formula is C6H6N4S. The highest BCUT2D eigenvalue weighted by molar-refractivity contribution is 7.13. The third-order valence-corrected chi connectivity index (χ3v) is 2.20. The summed E-state index contributed by atoms with van der Waals surface area (Å²) in [5.74, 6) is 0.739. The van der Waals surface area contributed by atoms with E-state index in [1.807, 2.05) is 12.3 Å². The van der Waals surface area contributed by atoms with Crippen molar-refractivity contribution in [1.82, 2.24) is 20.2 Å². The van der Waals surface area contributed by atoms with Gasteiger partial charge in [0.25, 0.3) is 0 Å². The minimum absolute atomic E-state index is 0.739. The van der Waals surface area contributed by atoms with Gasteiger partial charge in [-0.1, -0.05) is 0 Å². The Bertz CT molecular complexity index is 337. The first-order valence-electron chi connectivity index (χ1n) is 3.14. The molecule has 0 aromatic carbocycles. The number of aromatic amines is 1. The van der Waals surface area contributed by atoms with Crippen molar-refractivity contribution in [1.29, 1.82) is 0 Å². The highest BCUT2D eigenvalue weighted by Gasteiger charge is 2.03. The van der Waals surface area contributed by atoms with Gasteiger partial charge in [0.2, 0.25) is 0 Å². The van der Waals surface area contributed by atoms with Crippen molar-refractivity contribution in [2.45, 2.75) is 6.92 Å². The molecule has 2 aromatic heterocycles. The molecule has 0 radical (unpaired) electrons. The monoisotopic (exact) mass is 166 g/mol. The molecule has 0 spiro atoms. The Hall–Kier alpha value is -1.23. The fourth-order valence-electron chi connectivity index (χ4n) is 0.771. The molecule has 0 aliphatic rings. The predicted octanol–water partition coefficient (Wildman–Crippen LogP) is 1.24. The third-order valence-electron chi connectivity index (χ3n) is 1.24. The molecule has 1 N–H and O–H groups in total. The van der Waals surface area contributed by atoms with Crippen LogP contribution in [0.15, 0.2) is 11.7 Å². The lowest BCUT2D eigenvalue weighted by Crippen LogP contribution is -1.78. The van der Waals surface area contributed by atoms with E-state index < -0.39 is 0 Å². The van der Waals surface area contributed by atoms with E-state index >= 15 is 0 Å². The minimum atomic E-state index is 0.739. The zero-order valence-corrected chi connectivity index (χ0v) is 6.72. The average molecular weight is 166 g/mol. The van der Waals surface area contributed by atoms with E-state index in [9.17, 15) is 0 Å². The maximum atomic E-state index is 4.24. The van der Waals surface area contributed by atoms with Gasteiger partial charge in [0, 0.05) is 11.1 Å². The molecule has 2 heterocycles. The molecule has 4 nitrogen and oxygen atoms in total. The Morgan fingerprint density at radius 3 is 3.00 bits per heavy atom. The van der Waals surface area contributed by atoms with Crippen LogP contribution in [0.2, 0.25) is 0 Å². The number of nitrogens with one attached hydrogen (secondary N) is 1. The van der Waals surface area contributed by atoms with Crippen LogP contribution < -0.4 is 0 Å². The van der Waals surface area contributed by atoms with Crippen LogP contribution in [0, 0.1) is 6.92 Å². The normalized spacial score (nSPS) is 10.3. The van der Waals surface area contributed by atoms with E-state index in [4.69, 9.17) is 0 Å². The summed E-state index contributed by atoms with van der Waals surface area (Å²) in [6.45, 7) is 1.95. The molecular weight excluding hydrogens is 160 g/mol. The molecule has 0 unspecified atom stereocenters. The average Bonchev–Trinajstić information content (AvgIpc) is 2.55. The molecule has 0 bridgehead atoms. The summed E-state index contributed by atoms with van der Waals surface area (Å²) in [5, 5.41) is 9.36. The number of aryl methyl sites for hydroxylation is 1. The van der Waals surface area contributed by atoms with Crippen LogP contribution in [0.1, 0.15) is 5.69 Å². The van der Waals surface area contributed by atoms with Gasteiger partial charge >= 0.3 is 0 Å². The molecule has 0 atom stereocenters. The Morgan fingerprint density at radius 2 is 2.45 bits per heavy atom. The summed E-state index contributed by atoms with van der Waals surface area (Å²) in [5.41, 5.74) is 1.02. The largest absolute Gasteiger partial charge is 0.257 e. The minimum Gasteiger partial charge on any atom is -0.257 e. The van der Waals surface area contributed by atoms with Crippen LogP contribution in [0.5, 0.6) is 0 Å². The van der Waals surface area contributed by atoms with E-state index in [1.165, 1.54) is 6.33 Å².